The number of nitrogens with one attached hydrogen (secondary N) is 2. The predicted molar refractivity (Wildman–Crippen MR) is 143 cm³/mol. The fourth-order valence-electron chi connectivity index (χ4n) is 3.14. The van der Waals surface area contributed by atoms with Crippen molar-refractivity contribution in [3.05, 3.63) is 81.8 Å². The molecule has 2 aromatic carbocycles. The van der Waals surface area contributed by atoms with Crippen LogP contribution in [0, 0.1) is 0 Å². The molecule has 1 atom stereocenters. The Morgan fingerprint density at radius 2 is 1.36 bits per heavy atom. The van der Waals surface area contributed by atoms with Gasteiger partial charge in [0.1, 0.15) is 10.0 Å². The monoisotopic (exact) mass is 540 g/mol. The molecule has 12 heteroatoms. The lowest BCUT2D eigenvalue weighted by Gasteiger charge is -2.09. The molecule has 4 rings (SSSR count). The molecule has 1 unspecified atom stereocenters. The summed E-state index contributed by atoms with van der Waals surface area (Å²) in [7, 11) is 0. The number of aliphatic hydroxyl groups is 1. The Bertz CT molecular complexity index is 1270. The lowest BCUT2D eigenvalue weighted by atomic mass is 10.1. The number of thioether (sulfide) groups is 1. The summed E-state index contributed by atoms with van der Waals surface area (Å²) >= 11 is 4.44. The zero-order valence-electron chi connectivity index (χ0n) is 19.2. The van der Waals surface area contributed by atoms with E-state index in [1.807, 2.05) is 36.4 Å². The average Bonchev–Trinajstić information content (AvgIpc) is 3.53. The third-order valence-electron chi connectivity index (χ3n) is 4.90. The number of carbonyl (C=O) groups is 2. The van der Waals surface area contributed by atoms with Gasteiger partial charge in [0.25, 0.3) is 5.91 Å². The van der Waals surface area contributed by atoms with Crippen LogP contribution < -0.4 is 10.6 Å². The predicted octanol–water partition coefficient (Wildman–Crippen LogP) is 3.76. The third kappa shape index (κ3) is 7.92. The summed E-state index contributed by atoms with van der Waals surface area (Å²) < 4.78 is 0. The van der Waals surface area contributed by atoms with Gasteiger partial charge in [0.05, 0.1) is 6.42 Å². The van der Waals surface area contributed by atoms with Gasteiger partial charge < -0.3 is 10.4 Å². The van der Waals surface area contributed by atoms with Gasteiger partial charge in [-0.1, -0.05) is 83.3 Å². The van der Waals surface area contributed by atoms with Gasteiger partial charge in [-0.05, 0) is 22.6 Å². The number of amides is 2. The fourth-order valence-corrected chi connectivity index (χ4v) is 5.77. The summed E-state index contributed by atoms with van der Waals surface area (Å²) in [6.45, 7) is 0. The van der Waals surface area contributed by atoms with Gasteiger partial charge in [0.15, 0.2) is 6.10 Å². The minimum atomic E-state index is -1.26. The molecular weight excluding hydrogens is 517 g/mol. The number of rotatable bonds is 12. The molecule has 2 amide bonds. The molecule has 0 fully saturated rings. The minimum absolute atomic E-state index is 0.111. The van der Waals surface area contributed by atoms with Gasteiger partial charge in [-0.15, -0.1) is 20.4 Å². The number of anilines is 2. The number of carbonyl (C=O) groups excluding carboxylic acids is 2. The summed E-state index contributed by atoms with van der Waals surface area (Å²) in [5, 5.41) is 34.5. The van der Waals surface area contributed by atoms with E-state index in [4.69, 9.17) is 0 Å². The highest BCUT2D eigenvalue weighted by atomic mass is 32.2. The molecule has 9 nitrogen and oxygen atoms in total. The molecule has 3 N–H and O–H groups in total. The van der Waals surface area contributed by atoms with E-state index in [2.05, 4.69) is 31.0 Å². The van der Waals surface area contributed by atoms with Gasteiger partial charge >= 0.3 is 0 Å². The molecule has 0 saturated heterocycles. The normalized spacial score (nSPS) is 11.7. The summed E-state index contributed by atoms with van der Waals surface area (Å²) in [5.74, 6) is 1.05. The van der Waals surface area contributed by atoms with E-state index in [9.17, 15) is 14.7 Å². The highest BCUT2D eigenvalue weighted by Gasteiger charge is 2.18. The van der Waals surface area contributed by atoms with Gasteiger partial charge in [0, 0.05) is 12.8 Å². The first-order valence-corrected chi connectivity index (χ1v) is 14.0. The molecule has 0 aliphatic heterocycles. The van der Waals surface area contributed by atoms with E-state index in [-0.39, 0.29) is 5.91 Å². The van der Waals surface area contributed by atoms with Crippen molar-refractivity contribution in [2.45, 2.75) is 25.4 Å². The highest BCUT2D eigenvalue weighted by Crippen LogP contribution is 2.21. The molecule has 0 aliphatic carbocycles. The fraction of sp³-hybridized carbons (Fsp3) is 0.250. The first-order chi connectivity index (χ1) is 17.6. The molecule has 0 radical (unpaired) electrons. The second kappa shape index (κ2) is 13.2. The largest absolute Gasteiger partial charge is 0.378 e. The zero-order valence-corrected chi connectivity index (χ0v) is 21.6. The number of nitrogens with zero attached hydrogens (tertiary/aromatic N) is 4. The molecule has 186 valence electrons. The van der Waals surface area contributed by atoms with Crippen molar-refractivity contribution < 1.29 is 14.7 Å². The van der Waals surface area contributed by atoms with E-state index in [0.717, 1.165) is 39.9 Å². The van der Waals surface area contributed by atoms with Crippen LogP contribution in [-0.2, 0) is 28.9 Å². The standard InChI is InChI=1S/C24H24N6O3S3/c31-18(15-16-7-3-1-4-8-16)25-23-29-27-19(35-23)11-13-34-14-12-20-28-30-24(36-20)26-22(33)21(32)17-9-5-2-6-10-17/h1-10,21,32H,11-15H2,(H,25,29,31)(H,26,30,33). The Kier molecular flexibility index (Phi) is 9.50. The number of aromatic nitrogens is 4. The van der Waals surface area contributed by atoms with Crippen LogP contribution in [0.1, 0.15) is 27.2 Å². The molecule has 2 aromatic heterocycles. The van der Waals surface area contributed by atoms with Crippen LogP contribution in [0.3, 0.4) is 0 Å². The summed E-state index contributed by atoms with van der Waals surface area (Å²) in [4.78, 5) is 24.4. The lowest BCUT2D eigenvalue weighted by molar-refractivity contribution is -0.124. The van der Waals surface area contributed by atoms with Gasteiger partial charge in [-0.3, -0.25) is 14.9 Å². The topological polar surface area (TPSA) is 130 Å². The molecule has 0 bridgehead atoms. The van der Waals surface area contributed by atoms with Crippen molar-refractivity contribution in [2.75, 3.05) is 22.1 Å². The quantitative estimate of drug-likeness (QED) is 0.232. The minimum Gasteiger partial charge on any atom is -0.378 e. The van der Waals surface area contributed by atoms with Gasteiger partial charge in [-0.25, -0.2) is 0 Å². The number of hydrogen-bond donors (Lipinski definition) is 3. The SMILES string of the molecule is O=C(Cc1ccccc1)Nc1nnc(CCSCCc2nnc(NC(=O)C(O)c3ccccc3)s2)s1. The number of aryl methyl sites for hydroxylation is 2. The van der Waals surface area contributed by atoms with Crippen LogP contribution in [0.5, 0.6) is 0 Å². The van der Waals surface area contributed by atoms with Crippen LogP contribution in [0.25, 0.3) is 0 Å². The first-order valence-electron chi connectivity index (χ1n) is 11.2. The van der Waals surface area contributed by atoms with Crippen molar-refractivity contribution in [2.24, 2.45) is 0 Å². The lowest BCUT2D eigenvalue weighted by Crippen LogP contribution is -2.20. The van der Waals surface area contributed by atoms with Gasteiger partial charge in [-0.2, -0.15) is 11.8 Å². The summed E-state index contributed by atoms with van der Waals surface area (Å²) in [6, 6.07) is 18.3. The Labute approximate surface area is 220 Å². The zero-order chi connectivity index (χ0) is 25.2. The Morgan fingerprint density at radius 1 is 0.806 bits per heavy atom. The highest BCUT2D eigenvalue weighted by molar-refractivity contribution is 7.99. The van der Waals surface area contributed by atoms with Crippen molar-refractivity contribution in [1.82, 2.24) is 20.4 Å². The van der Waals surface area contributed by atoms with Gasteiger partial charge in [0.2, 0.25) is 16.2 Å². The second-order valence-electron chi connectivity index (χ2n) is 7.63. The number of benzene rings is 2. The van der Waals surface area contributed by atoms with Crippen molar-refractivity contribution in [3.8, 4) is 0 Å². The number of aliphatic hydroxyl groups excluding tert-OH is 1. The Balaban J connectivity index is 1.13. The maximum absolute atomic E-state index is 12.2. The maximum atomic E-state index is 12.2. The molecule has 0 spiro atoms. The summed E-state index contributed by atoms with van der Waals surface area (Å²) in [5.41, 5.74) is 1.47. The van der Waals surface area contributed by atoms with Crippen LogP contribution in [-0.4, -0.2) is 48.8 Å². The molecule has 4 aromatic rings. The van der Waals surface area contributed by atoms with Crippen molar-refractivity contribution >= 4 is 56.5 Å². The molecule has 0 aliphatic rings. The van der Waals surface area contributed by atoms with E-state index in [1.54, 1.807) is 36.0 Å². The molecule has 0 saturated carbocycles. The molecule has 36 heavy (non-hydrogen) atoms. The van der Waals surface area contributed by atoms with E-state index >= 15 is 0 Å². The van der Waals surface area contributed by atoms with Crippen molar-refractivity contribution in [3.63, 3.8) is 0 Å². The average molecular weight is 541 g/mol. The van der Waals surface area contributed by atoms with E-state index < -0.39 is 12.0 Å². The van der Waals surface area contributed by atoms with E-state index in [0.29, 0.717) is 22.2 Å². The first kappa shape index (κ1) is 25.9. The van der Waals surface area contributed by atoms with Crippen LogP contribution in [0.4, 0.5) is 10.3 Å². The third-order valence-corrected chi connectivity index (χ3v) is 7.68. The maximum Gasteiger partial charge on any atom is 0.259 e. The summed E-state index contributed by atoms with van der Waals surface area (Å²) in [6.07, 6.45) is 0.519. The second-order valence-corrected chi connectivity index (χ2v) is 11.0. The molecular formula is C24H24N6O3S3. The Morgan fingerprint density at radius 3 is 1.97 bits per heavy atom. The number of hydrogen-bond acceptors (Lipinski definition) is 10. The van der Waals surface area contributed by atoms with Crippen molar-refractivity contribution in [1.29, 1.82) is 0 Å². The smallest absolute Gasteiger partial charge is 0.259 e. The van der Waals surface area contributed by atoms with Crippen LogP contribution >= 0.6 is 34.4 Å². The molecule has 2 heterocycles. The van der Waals surface area contributed by atoms with E-state index in [1.165, 1.54) is 22.7 Å². The van der Waals surface area contributed by atoms with Crippen LogP contribution in [0.2, 0.25) is 0 Å². The van der Waals surface area contributed by atoms with Crippen LogP contribution in [0.15, 0.2) is 60.7 Å². The Hall–Kier alpha value is -3.19.